The smallest absolute Gasteiger partial charge is 0.282 e. The van der Waals surface area contributed by atoms with Crippen LogP contribution in [0.4, 0.5) is 0 Å². The number of aromatic nitrogens is 1. The maximum Gasteiger partial charge on any atom is 0.282 e. The van der Waals surface area contributed by atoms with Crippen LogP contribution >= 0.6 is 11.3 Å². The minimum atomic E-state index is 0.0445. The summed E-state index contributed by atoms with van der Waals surface area (Å²) < 4.78 is 1.06. The molecule has 3 rings (SSSR count). The van der Waals surface area contributed by atoms with Gasteiger partial charge in [0.25, 0.3) is 5.91 Å². The van der Waals surface area contributed by atoms with E-state index >= 15 is 0 Å². The molecule has 94 valence electrons. The van der Waals surface area contributed by atoms with Crippen molar-refractivity contribution in [2.24, 2.45) is 5.73 Å². The van der Waals surface area contributed by atoms with E-state index in [2.05, 4.69) is 4.98 Å². The number of nitrogens with zero attached hydrogens (tertiary/aromatic N) is 2. The van der Waals surface area contributed by atoms with Crippen molar-refractivity contribution in [3.63, 3.8) is 0 Å². The Balaban J connectivity index is 1.83. The zero-order chi connectivity index (χ0) is 12.5. The van der Waals surface area contributed by atoms with Crippen molar-refractivity contribution in [3.8, 4) is 0 Å². The topological polar surface area (TPSA) is 59.2 Å². The SMILES string of the molecule is NC1CCN(C(=O)c2nc3ccccc3s2)CC1. The summed E-state index contributed by atoms with van der Waals surface area (Å²) in [5.41, 5.74) is 6.75. The molecule has 2 aromatic rings. The van der Waals surface area contributed by atoms with Crippen LogP contribution in [0.3, 0.4) is 0 Å². The van der Waals surface area contributed by atoms with Gasteiger partial charge in [0.2, 0.25) is 0 Å². The first-order chi connectivity index (χ1) is 8.74. The Morgan fingerprint density at radius 2 is 2.06 bits per heavy atom. The monoisotopic (exact) mass is 261 g/mol. The lowest BCUT2D eigenvalue weighted by atomic mass is 10.1. The number of benzene rings is 1. The van der Waals surface area contributed by atoms with Gasteiger partial charge in [-0.3, -0.25) is 4.79 Å². The number of hydrogen-bond acceptors (Lipinski definition) is 4. The number of rotatable bonds is 1. The largest absolute Gasteiger partial charge is 0.336 e. The summed E-state index contributed by atoms with van der Waals surface area (Å²) in [4.78, 5) is 18.6. The number of thiazole rings is 1. The number of likely N-dealkylation sites (tertiary alicyclic amines) is 1. The van der Waals surface area contributed by atoms with E-state index in [1.807, 2.05) is 29.2 Å². The van der Waals surface area contributed by atoms with Gasteiger partial charge in [0.15, 0.2) is 5.01 Å². The predicted molar refractivity (Wildman–Crippen MR) is 72.7 cm³/mol. The first-order valence-corrected chi connectivity index (χ1v) is 6.96. The second-order valence-corrected chi connectivity index (χ2v) is 5.65. The van der Waals surface area contributed by atoms with Gasteiger partial charge in [0, 0.05) is 19.1 Å². The molecule has 0 aliphatic carbocycles. The van der Waals surface area contributed by atoms with E-state index in [0.717, 1.165) is 36.1 Å². The van der Waals surface area contributed by atoms with Gasteiger partial charge in [0.1, 0.15) is 0 Å². The number of fused-ring (bicyclic) bond motifs is 1. The number of hydrogen-bond donors (Lipinski definition) is 1. The Hall–Kier alpha value is -1.46. The van der Waals surface area contributed by atoms with Crippen molar-refractivity contribution in [1.82, 2.24) is 9.88 Å². The average Bonchev–Trinajstić information content (AvgIpc) is 2.82. The van der Waals surface area contributed by atoms with E-state index in [-0.39, 0.29) is 11.9 Å². The highest BCUT2D eigenvalue weighted by Crippen LogP contribution is 2.23. The molecule has 1 saturated heterocycles. The lowest BCUT2D eigenvalue weighted by Gasteiger charge is -2.29. The van der Waals surface area contributed by atoms with E-state index in [0.29, 0.717) is 5.01 Å². The summed E-state index contributed by atoms with van der Waals surface area (Å²) >= 11 is 1.47. The summed E-state index contributed by atoms with van der Waals surface area (Å²) in [5.74, 6) is 0.0445. The molecule has 1 aliphatic rings. The lowest BCUT2D eigenvalue weighted by Crippen LogP contribution is -2.42. The fraction of sp³-hybridized carbons (Fsp3) is 0.385. The maximum absolute atomic E-state index is 12.3. The van der Waals surface area contributed by atoms with Gasteiger partial charge in [-0.25, -0.2) is 4.98 Å². The zero-order valence-corrected chi connectivity index (χ0v) is 10.8. The van der Waals surface area contributed by atoms with Gasteiger partial charge in [-0.1, -0.05) is 12.1 Å². The van der Waals surface area contributed by atoms with E-state index in [4.69, 9.17) is 5.73 Å². The van der Waals surface area contributed by atoms with Gasteiger partial charge >= 0.3 is 0 Å². The number of amides is 1. The summed E-state index contributed by atoms with van der Waals surface area (Å²) in [6.07, 6.45) is 1.77. The molecule has 2 heterocycles. The third-order valence-electron chi connectivity index (χ3n) is 3.30. The quantitative estimate of drug-likeness (QED) is 0.852. The van der Waals surface area contributed by atoms with E-state index < -0.39 is 0 Å². The van der Waals surface area contributed by atoms with Crippen LogP contribution in [0.5, 0.6) is 0 Å². The summed E-state index contributed by atoms with van der Waals surface area (Å²) in [6.45, 7) is 1.49. The minimum absolute atomic E-state index is 0.0445. The molecule has 1 aromatic heterocycles. The van der Waals surface area contributed by atoms with Crippen molar-refractivity contribution in [2.75, 3.05) is 13.1 Å². The van der Waals surface area contributed by atoms with Crippen molar-refractivity contribution < 1.29 is 4.79 Å². The molecular weight excluding hydrogens is 246 g/mol. The maximum atomic E-state index is 12.3. The lowest BCUT2D eigenvalue weighted by molar-refractivity contribution is 0.0714. The van der Waals surface area contributed by atoms with Crippen molar-refractivity contribution in [2.45, 2.75) is 18.9 Å². The summed E-state index contributed by atoms with van der Waals surface area (Å²) in [7, 11) is 0. The molecule has 18 heavy (non-hydrogen) atoms. The van der Waals surface area contributed by atoms with E-state index in [1.54, 1.807) is 0 Å². The molecule has 0 atom stereocenters. The molecule has 0 saturated carbocycles. The zero-order valence-electron chi connectivity index (χ0n) is 10.0. The molecule has 1 fully saturated rings. The number of piperidine rings is 1. The molecule has 0 bridgehead atoms. The van der Waals surface area contributed by atoms with E-state index in [1.165, 1.54) is 11.3 Å². The first-order valence-electron chi connectivity index (χ1n) is 6.14. The summed E-state index contributed by atoms with van der Waals surface area (Å²) in [6, 6.07) is 8.08. The molecule has 1 aliphatic heterocycles. The molecule has 2 N–H and O–H groups in total. The number of para-hydroxylation sites is 1. The van der Waals surface area contributed by atoms with Crippen LogP contribution in [-0.4, -0.2) is 34.9 Å². The highest BCUT2D eigenvalue weighted by atomic mass is 32.1. The van der Waals surface area contributed by atoms with Crippen molar-refractivity contribution in [3.05, 3.63) is 29.3 Å². The third kappa shape index (κ3) is 2.11. The second kappa shape index (κ2) is 4.66. The standard InChI is InChI=1S/C13H15N3OS/c14-9-5-7-16(8-6-9)13(17)12-15-10-3-1-2-4-11(10)18-12/h1-4,9H,5-8,14H2. The molecule has 4 nitrogen and oxygen atoms in total. The van der Waals surface area contributed by atoms with Gasteiger partial charge < -0.3 is 10.6 Å². The fourth-order valence-corrected chi connectivity index (χ4v) is 3.14. The Kier molecular flexibility index (Phi) is 3.01. The van der Waals surface area contributed by atoms with Crippen LogP contribution in [0.25, 0.3) is 10.2 Å². The van der Waals surface area contributed by atoms with Gasteiger partial charge in [-0.15, -0.1) is 11.3 Å². The molecule has 1 aromatic carbocycles. The number of nitrogens with two attached hydrogens (primary N) is 1. The normalized spacial score (nSPS) is 17.3. The predicted octanol–water partition coefficient (Wildman–Crippen LogP) is 1.86. The Bertz CT molecular complexity index is 539. The van der Waals surface area contributed by atoms with Gasteiger partial charge in [-0.2, -0.15) is 0 Å². The minimum Gasteiger partial charge on any atom is -0.336 e. The van der Waals surface area contributed by atoms with Crippen molar-refractivity contribution >= 4 is 27.5 Å². The fourth-order valence-electron chi connectivity index (χ4n) is 2.20. The van der Waals surface area contributed by atoms with Crippen LogP contribution in [-0.2, 0) is 0 Å². The summed E-state index contributed by atoms with van der Waals surface area (Å²) in [5, 5.41) is 0.590. The number of carbonyl (C=O) groups is 1. The van der Waals surface area contributed by atoms with Crippen molar-refractivity contribution in [1.29, 1.82) is 0 Å². The average molecular weight is 261 g/mol. The van der Waals surface area contributed by atoms with Gasteiger partial charge in [0.05, 0.1) is 10.2 Å². The molecule has 0 spiro atoms. The Morgan fingerprint density at radius 3 is 2.78 bits per heavy atom. The molecule has 5 heteroatoms. The van der Waals surface area contributed by atoms with Crippen LogP contribution < -0.4 is 5.73 Å². The van der Waals surface area contributed by atoms with Crippen LogP contribution in [0, 0.1) is 0 Å². The number of carbonyl (C=O) groups excluding carboxylic acids is 1. The molecule has 0 unspecified atom stereocenters. The molecule has 1 amide bonds. The molecular formula is C13H15N3OS. The third-order valence-corrected chi connectivity index (χ3v) is 4.33. The van der Waals surface area contributed by atoms with Gasteiger partial charge in [-0.05, 0) is 25.0 Å². The molecule has 0 radical (unpaired) electrons. The highest BCUT2D eigenvalue weighted by molar-refractivity contribution is 7.20. The van der Waals surface area contributed by atoms with Crippen LogP contribution in [0.2, 0.25) is 0 Å². The van der Waals surface area contributed by atoms with Crippen LogP contribution in [0.15, 0.2) is 24.3 Å². The first kappa shape index (κ1) is 11.6. The van der Waals surface area contributed by atoms with Crippen LogP contribution in [0.1, 0.15) is 22.6 Å². The Morgan fingerprint density at radius 1 is 1.33 bits per heavy atom. The highest BCUT2D eigenvalue weighted by Gasteiger charge is 2.23. The Labute approximate surface area is 109 Å². The second-order valence-electron chi connectivity index (χ2n) is 4.62. The van der Waals surface area contributed by atoms with E-state index in [9.17, 15) is 4.79 Å².